The van der Waals surface area contributed by atoms with Crippen molar-refractivity contribution < 1.29 is 0 Å². The van der Waals surface area contributed by atoms with Gasteiger partial charge in [-0.3, -0.25) is 0 Å². The van der Waals surface area contributed by atoms with Crippen molar-refractivity contribution >= 4 is 120 Å². The van der Waals surface area contributed by atoms with Crippen molar-refractivity contribution in [2.75, 3.05) is 0 Å². The van der Waals surface area contributed by atoms with Crippen molar-refractivity contribution in [2.24, 2.45) is 0 Å². The lowest BCUT2D eigenvalue weighted by Gasteiger charge is -2.19. The Labute approximate surface area is 303 Å². The van der Waals surface area contributed by atoms with Gasteiger partial charge in [0.15, 0.2) is 0 Å². The molecular formula is C40H40SSi7. The second kappa shape index (κ2) is 14.6. The first-order valence-corrected chi connectivity index (χ1v) is 44.7. The Kier molecular flexibility index (Phi) is 9.74. The Bertz CT molecular complexity index is 2410. The molecule has 8 aromatic rings. The van der Waals surface area contributed by atoms with E-state index < -0.39 is 0 Å². The number of hydrogen-bond acceptors (Lipinski definition) is 1. The molecular weight excluding hydrogens is 709 g/mol. The van der Waals surface area contributed by atoms with Gasteiger partial charge >= 0.3 is 0 Å². The predicted octanol–water partition coefficient (Wildman–Crippen LogP) is 4.44. The predicted molar refractivity (Wildman–Crippen MR) is 241 cm³/mol. The van der Waals surface area contributed by atoms with E-state index in [2.05, 4.69) is 164 Å². The first kappa shape index (κ1) is 31.9. The van der Waals surface area contributed by atoms with Gasteiger partial charge in [0.25, 0.3) is 0 Å². The summed E-state index contributed by atoms with van der Waals surface area (Å²) in [4.78, 5) is 0. The van der Waals surface area contributed by atoms with Crippen molar-refractivity contribution in [3.8, 4) is 33.4 Å². The Hall–Kier alpha value is -3.33. The number of hydrogen-bond donors (Lipinski definition) is 1. The van der Waals surface area contributed by atoms with E-state index in [1.54, 1.807) is 5.19 Å². The Morgan fingerprint density at radius 1 is 0.333 bits per heavy atom. The van der Waals surface area contributed by atoms with E-state index in [0.29, 0.717) is 34.2 Å². The third kappa shape index (κ3) is 6.39. The molecule has 0 unspecified atom stereocenters. The maximum Gasteiger partial charge on any atom is 0.0641 e. The van der Waals surface area contributed by atoms with Crippen molar-refractivity contribution in [2.45, 2.75) is 0 Å². The van der Waals surface area contributed by atoms with Crippen LogP contribution >= 0.6 is 12.1 Å². The van der Waals surface area contributed by atoms with E-state index >= 15 is 0 Å². The zero-order chi connectivity index (χ0) is 32.3. The van der Waals surface area contributed by atoms with Crippen LogP contribution in [0.4, 0.5) is 0 Å². The van der Waals surface area contributed by atoms with Crippen LogP contribution < -0.4 is 5.19 Å². The lowest BCUT2D eigenvalue weighted by Crippen LogP contribution is -2.32. The molecule has 0 fully saturated rings. The fourth-order valence-corrected chi connectivity index (χ4v) is 180. The molecule has 0 saturated heterocycles. The maximum absolute atomic E-state index is 4.68. The third-order valence-electron chi connectivity index (χ3n) is 10.0. The van der Waals surface area contributed by atoms with E-state index in [1.807, 2.05) is 0 Å². The molecule has 0 aromatic heterocycles. The minimum absolute atomic E-state index is 0.0759. The number of benzene rings is 8. The quantitative estimate of drug-likeness (QED) is 0.0911. The highest BCUT2D eigenvalue weighted by Gasteiger charge is 2.18. The van der Waals surface area contributed by atoms with Crippen LogP contribution in [0.5, 0.6) is 0 Å². The Morgan fingerprint density at radius 3 is 1.62 bits per heavy atom. The fourth-order valence-electron chi connectivity index (χ4n) is 7.64. The average Bonchev–Trinajstić information content (AvgIpc) is 3.14. The largest absolute Gasteiger partial charge is 0.214 e. The van der Waals surface area contributed by atoms with Gasteiger partial charge in [-0.25, -0.2) is 12.1 Å². The summed E-state index contributed by atoms with van der Waals surface area (Å²) in [5.74, 6) is 0. The van der Waals surface area contributed by atoms with E-state index in [1.165, 1.54) is 76.5 Å². The Balaban J connectivity index is 1.35. The summed E-state index contributed by atoms with van der Waals surface area (Å²) in [6, 6.07) is 57.4. The molecule has 0 aliphatic carbocycles. The molecule has 48 heavy (non-hydrogen) atoms. The second-order valence-corrected chi connectivity index (χ2v) is 67.6. The highest BCUT2D eigenvalue weighted by molar-refractivity contribution is 8.14. The van der Waals surface area contributed by atoms with Gasteiger partial charge in [0.2, 0.25) is 0 Å². The third-order valence-corrected chi connectivity index (χ3v) is 110. The van der Waals surface area contributed by atoms with Gasteiger partial charge in [0, 0.05) is 17.6 Å². The van der Waals surface area contributed by atoms with Crippen LogP contribution in [0.2, 0.25) is 0 Å². The van der Waals surface area contributed by atoms with Gasteiger partial charge in [0.05, 0.1) is 8.19 Å². The molecule has 0 N–H and O–H groups in total. The normalized spacial score (nSPS) is 13.4. The van der Waals surface area contributed by atoms with Crippen molar-refractivity contribution in [1.82, 2.24) is 0 Å². The van der Waals surface area contributed by atoms with Crippen LogP contribution in [0, 0.1) is 0 Å². The fraction of sp³-hybridized carbons (Fsp3) is 0. The monoisotopic (exact) mass is 748 g/mol. The summed E-state index contributed by atoms with van der Waals surface area (Å²) in [6.45, 7) is 0. The SMILES string of the molecule is S[SiH2][SiH2][SiH2][SiH2][SiH2][SiH2][SiH2]c1cccc2ccc(-c3c4ccccc4c(-c4cccc(-c5ccccc5)c4)c4cc5ccccc5cc34)cc12. The number of thiol groups is 1. The Morgan fingerprint density at radius 2 is 0.896 bits per heavy atom. The van der Waals surface area contributed by atoms with E-state index in [9.17, 15) is 0 Å². The zero-order valence-corrected chi connectivity index (χ0v) is 38.1. The minimum Gasteiger partial charge on any atom is -0.214 e. The lowest BCUT2D eigenvalue weighted by molar-refractivity contribution is 1.61. The van der Waals surface area contributed by atoms with Gasteiger partial charge in [-0.1, -0.05) is 133 Å². The molecule has 0 radical (unpaired) electrons. The number of fused-ring (bicyclic) bond motifs is 4. The molecule has 0 saturated carbocycles. The van der Waals surface area contributed by atoms with Crippen LogP contribution in [-0.2, 0) is 0 Å². The molecule has 8 aromatic carbocycles. The topological polar surface area (TPSA) is 0 Å². The van der Waals surface area contributed by atoms with Crippen LogP contribution in [0.25, 0.3) is 76.5 Å². The highest BCUT2D eigenvalue weighted by atomic mass is 32.3. The lowest BCUT2D eigenvalue weighted by atomic mass is 9.84. The van der Waals surface area contributed by atoms with Crippen LogP contribution in [0.1, 0.15) is 0 Å². The van der Waals surface area contributed by atoms with Crippen LogP contribution in [0.3, 0.4) is 0 Å². The molecule has 0 amide bonds. The summed E-state index contributed by atoms with van der Waals surface area (Å²) in [5.41, 5.74) is 7.83. The molecule has 0 aliphatic rings. The van der Waals surface area contributed by atoms with Gasteiger partial charge in [-0.15, -0.1) is 0 Å². The molecule has 0 spiro atoms. The summed E-state index contributed by atoms with van der Waals surface area (Å²) in [7, 11) is 2.25. The van der Waals surface area contributed by atoms with Crippen LogP contribution in [0.15, 0.2) is 152 Å². The maximum atomic E-state index is 4.68. The summed E-state index contributed by atoms with van der Waals surface area (Å²) in [5, 5.41) is 12.6. The molecule has 0 atom stereocenters. The van der Waals surface area contributed by atoms with Crippen molar-refractivity contribution in [3.05, 3.63) is 152 Å². The standard InChI is InChI=1S/C40H40SSi7/c41-43-45-47-48-46-44-42-38-19-9-14-27-20-21-32(25-35(27)38)40-34-18-7-6-17-33(34)39(36-23-29-12-4-5-13-30(29)24-37(36)40)31-16-8-15-28(22-31)26-10-2-1-3-11-26/h1-25,41H,42-48H2. The van der Waals surface area contributed by atoms with Gasteiger partial charge in [0.1, 0.15) is 0 Å². The smallest absolute Gasteiger partial charge is 0.0641 e. The summed E-state index contributed by atoms with van der Waals surface area (Å²) < 4.78 is 0. The average molecular weight is 749 g/mol. The molecule has 8 heteroatoms. The van der Waals surface area contributed by atoms with Gasteiger partial charge < -0.3 is 0 Å². The summed E-state index contributed by atoms with van der Waals surface area (Å²) in [6.07, 6.45) is 0. The van der Waals surface area contributed by atoms with Gasteiger partial charge in [-0.05, 0) is 135 Å². The molecule has 8 rings (SSSR count). The van der Waals surface area contributed by atoms with Crippen molar-refractivity contribution in [1.29, 1.82) is 0 Å². The minimum atomic E-state index is -0.0759. The number of rotatable bonds is 10. The molecule has 0 nitrogen and oxygen atoms in total. The highest BCUT2D eigenvalue weighted by Crippen LogP contribution is 2.45. The molecule has 0 heterocycles. The molecule has 234 valence electrons. The molecule has 0 bridgehead atoms. The van der Waals surface area contributed by atoms with Crippen LogP contribution in [-0.4, -0.2) is 60.0 Å². The van der Waals surface area contributed by atoms with Gasteiger partial charge in [-0.2, -0.15) is 0 Å². The first-order valence-electron chi connectivity index (χ1n) is 17.4. The zero-order valence-electron chi connectivity index (χ0n) is 27.3. The van der Waals surface area contributed by atoms with E-state index in [4.69, 9.17) is 0 Å². The first-order chi connectivity index (χ1) is 23.8. The second-order valence-electron chi connectivity index (χ2n) is 13.1. The van der Waals surface area contributed by atoms with E-state index in [0.717, 1.165) is 0 Å². The summed E-state index contributed by atoms with van der Waals surface area (Å²) >= 11 is 4.68. The van der Waals surface area contributed by atoms with Crippen molar-refractivity contribution in [3.63, 3.8) is 0 Å². The molecule has 0 aliphatic heterocycles. The van der Waals surface area contributed by atoms with E-state index in [-0.39, 0.29) is 25.8 Å².